The molecule has 0 radical (unpaired) electrons. The minimum atomic E-state index is -2.77. The van der Waals surface area contributed by atoms with Crippen molar-refractivity contribution in [3.8, 4) is 0 Å². The Labute approximate surface area is 85.9 Å². The average Bonchev–Trinajstić information content (AvgIpc) is 2.27. The number of nitrogens with one attached hydrogen (secondary N) is 1. The molecule has 1 saturated heterocycles. The molecule has 0 amide bonds. The highest BCUT2D eigenvalue weighted by molar-refractivity contribution is 7.53. The predicted molar refractivity (Wildman–Crippen MR) is 56.7 cm³/mol. The first-order chi connectivity index (χ1) is 6.70. The summed E-state index contributed by atoms with van der Waals surface area (Å²) < 4.78 is 21.5. The Morgan fingerprint density at radius 1 is 1.29 bits per heavy atom. The van der Waals surface area contributed by atoms with Crippen molar-refractivity contribution in [2.75, 3.05) is 33.5 Å². The SMILES string of the molecule is COP(=O)(CCC1CCNCC1)OC. The molecular formula is C9H20NO3P. The summed E-state index contributed by atoms with van der Waals surface area (Å²) in [6.07, 6.45) is 3.84. The third-order valence-corrected chi connectivity index (χ3v) is 4.74. The quantitative estimate of drug-likeness (QED) is 0.720. The van der Waals surface area contributed by atoms with Gasteiger partial charge in [0, 0.05) is 14.2 Å². The molecular weight excluding hydrogens is 201 g/mol. The molecule has 0 unspecified atom stereocenters. The first kappa shape index (κ1) is 12.2. The molecule has 0 bridgehead atoms. The van der Waals surface area contributed by atoms with Gasteiger partial charge < -0.3 is 14.4 Å². The van der Waals surface area contributed by atoms with Crippen molar-refractivity contribution in [3.05, 3.63) is 0 Å². The number of hydrogen-bond donors (Lipinski definition) is 1. The van der Waals surface area contributed by atoms with Gasteiger partial charge in [0.25, 0.3) is 0 Å². The van der Waals surface area contributed by atoms with Gasteiger partial charge in [-0.3, -0.25) is 4.57 Å². The molecule has 14 heavy (non-hydrogen) atoms. The van der Waals surface area contributed by atoms with Crippen molar-refractivity contribution in [2.45, 2.75) is 19.3 Å². The predicted octanol–water partition coefficient (Wildman–Crippen LogP) is 1.86. The second-order valence-electron chi connectivity index (χ2n) is 3.68. The summed E-state index contributed by atoms with van der Waals surface area (Å²) in [5.41, 5.74) is 0. The molecule has 0 atom stereocenters. The van der Waals surface area contributed by atoms with E-state index in [1.165, 1.54) is 27.1 Å². The van der Waals surface area contributed by atoms with E-state index in [-0.39, 0.29) is 0 Å². The zero-order valence-corrected chi connectivity index (χ0v) is 9.89. The van der Waals surface area contributed by atoms with Crippen LogP contribution in [0.15, 0.2) is 0 Å². The van der Waals surface area contributed by atoms with Crippen molar-refractivity contribution in [3.63, 3.8) is 0 Å². The van der Waals surface area contributed by atoms with Gasteiger partial charge in [-0.15, -0.1) is 0 Å². The molecule has 0 aromatic rings. The van der Waals surface area contributed by atoms with E-state index in [0.717, 1.165) is 19.5 Å². The maximum absolute atomic E-state index is 11.7. The van der Waals surface area contributed by atoms with Crippen LogP contribution in [0.25, 0.3) is 0 Å². The zero-order chi connectivity index (χ0) is 10.4. The third kappa shape index (κ3) is 3.70. The minimum Gasteiger partial charge on any atom is -0.317 e. The molecule has 0 aromatic carbocycles. The van der Waals surface area contributed by atoms with Crippen molar-refractivity contribution in [2.24, 2.45) is 5.92 Å². The summed E-state index contributed by atoms with van der Waals surface area (Å²) in [7, 11) is 0.134. The number of piperidine rings is 1. The monoisotopic (exact) mass is 221 g/mol. The molecule has 0 aliphatic carbocycles. The van der Waals surface area contributed by atoms with Gasteiger partial charge in [-0.2, -0.15) is 0 Å². The Hall–Kier alpha value is 0.110. The van der Waals surface area contributed by atoms with E-state index in [4.69, 9.17) is 9.05 Å². The van der Waals surface area contributed by atoms with Crippen molar-refractivity contribution < 1.29 is 13.6 Å². The van der Waals surface area contributed by atoms with Crippen LogP contribution < -0.4 is 5.32 Å². The van der Waals surface area contributed by atoms with E-state index in [2.05, 4.69) is 5.32 Å². The van der Waals surface area contributed by atoms with Crippen molar-refractivity contribution >= 4 is 7.60 Å². The fourth-order valence-electron chi connectivity index (χ4n) is 1.77. The highest BCUT2D eigenvalue weighted by atomic mass is 31.2. The molecule has 0 aromatic heterocycles. The molecule has 5 heteroatoms. The summed E-state index contributed by atoms with van der Waals surface area (Å²) in [4.78, 5) is 0. The Balaban J connectivity index is 2.27. The van der Waals surface area contributed by atoms with Crippen LogP contribution in [-0.2, 0) is 13.6 Å². The lowest BCUT2D eigenvalue weighted by molar-refractivity contribution is 0.269. The molecule has 4 nitrogen and oxygen atoms in total. The van der Waals surface area contributed by atoms with Crippen LogP contribution in [-0.4, -0.2) is 33.5 Å². The van der Waals surface area contributed by atoms with Crippen LogP contribution in [0.2, 0.25) is 0 Å². The minimum absolute atomic E-state index is 0.546. The van der Waals surface area contributed by atoms with Gasteiger partial charge in [0.15, 0.2) is 0 Å². The molecule has 1 rings (SSSR count). The summed E-state index contributed by atoms with van der Waals surface area (Å²) in [6, 6.07) is 0. The summed E-state index contributed by atoms with van der Waals surface area (Å²) in [5, 5.41) is 3.31. The Kier molecular flexibility index (Phi) is 5.10. The summed E-state index contributed by atoms with van der Waals surface area (Å²) in [5.74, 6) is 0.676. The van der Waals surface area contributed by atoms with Crippen LogP contribution in [0, 0.1) is 5.92 Å². The van der Waals surface area contributed by atoms with Crippen LogP contribution in [0.4, 0.5) is 0 Å². The second kappa shape index (κ2) is 5.86. The Morgan fingerprint density at radius 3 is 2.36 bits per heavy atom. The van der Waals surface area contributed by atoms with Gasteiger partial charge in [-0.25, -0.2) is 0 Å². The highest BCUT2D eigenvalue weighted by Gasteiger charge is 2.23. The highest BCUT2D eigenvalue weighted by Crippen LogP contribution is 2.47. The maximum atomic E-state index is 11.7. The third-order valence-electron chi connectivity index (χ3n) is 2.83. The topological polar surface area (TPSA) is 47.6 Å². The van der Waals surface area contributed by atoms with Crippen LogP contribution in [0.5, 0.6) is 0 Å². The molecule has 1 fully saturated rings. The molecule has 1 aliphatic rings. The van der Waals surface area contributed by atoms with E-state index in [9.17, 15) is 4.57 Å². The molecule has 1 aliphatic heterocycles. The van der Waals surface area contributed by atoms with Gasteiger partial charge in [-0.1, -0.05) is 0 Å². The van der Waals surface area contributed by atoms with Gasteiger partial charge >= 0.3 is 7.60 Å². The van der Waals surface area contributed by atoms with E-state index < -0.39 is 7.60 Å². The normalized spacial score (nSPS) is 19.9. The van der Waals surface area contributed by atoms with Gasteiger partial charge in [-0.05, 0) is 38.3 Å². The molecule has 0 saturated carbocycles. The number of hydrogen-bond acceptors (Lipinski definition) is 4. The van der Waals surface area contributed by atoms with Gasteiger partial charge in [0.05, 0.1) is 6.16 Å². The van der Waals surface area contributed by atoms with Gasteiger partial charge in [0.1, 0.15) is 0 Å². The zero-order valence-electron chi connectivity index (χ0n) is 8.99. The van der Waals surface area contributed by atoms with Crippen molar-refractivity contribution in [1.82, 2.24) is 5.32 Å². The van der Waals surface area contributed by atoms with Crippen LogP contribution in [0.3, 0.4) is 0 Å². The van der Waals surface area contributed by atoms with Crippen LogP contribution >= 0.6 is 7.60 Å². The fourth-order valence-corrected chi connectivity index (χ4v) is 2.96. The summed E-state index contributed by atoms with van der Waals surface area (Å²) >= 11 is 0. The lowest BCUT2D eigenvalue weighted by Gasteiger charge is -2.23. The lowest BCUT2D eigenvalue weighted by atomic mass is 9.96. The van der Waals surface area contributed by atoms with E-state index in [1.54, 1.807) is 0 Å². The first-order valence-electron chi connectivity index (χ1n) is 5.11. The second-order valence-corrected chi connectivity index (χ2v) is 6.08. The average molecular weight is 221 g/mol. The fraction of sp³-hybridized carbons (Fsp3) is 1.00. The van der Waals surface area contributed by atoms with Crippen molar-refractivity contribution in [1.29, 1.82) is 0 Å². The standard InChI is InChI=1S/C9H20NO3P/c1-12-14(11,13-2)8-5-9-3-6-10-7-4-9/h9-10H,3-8H2,1-2H3. The van der Waals surface area contributed by atoms with Gasteiger partial charge in [0.2, 0.25) is 0 Å². The maximum Gasteiger partial charge on any atom is 0.330 e. The first-order valence-corrected chi connectivity index (χ1v) is 6.84. The smallest absolute Gasteiger partial charge is 0.317 e. The van der Waals surface area contributed by atoms with E-state index in [1.807, 2.05) is 0 Å². The van der Waals surface area contributed by atoms with Crippen LogP contribution in [0.1, 0.15) is 19.3 Å². The largest absolute Gasteiger partial charge is 0.330 e. The molecule has 0 spiro atoms. The Bertz CT molecular complexity index is 196. The van der Waals surface area contributed by atoms with E-state index in [0.29, 0.717) is 12.1 Å². The number of rotatable bonds is 5. The lowest BCUT2D eigenvalue weighted by Crippen LogP contribution is -2.28. The molecule has 1 N–H and O–H groups in total. The Morgan fingerprint density at radius 2 is 1.86 bits per heavy atom. The summed E-state index contributed by atoms with van der Waals surface area (Å²) in [6.45, 7) is 2.16. The molecule has 84 valence electrons. The van der Waals surface area contributed by atoms with E-state index >= 15 is 0 Å². The molecule has 1 heterocycles.